The molecule has 4 nitrogen and oxygen atoms in total. The standard InChI is InChI=1S/C11H12N2O2/c1-13-6-8(5-12)9-4-7(11(14)15)2-3-10(9)13/h2-4,6H,5,12H2,1H3,(H,14,15). The number of aromatic carboxylic acids is 1. The first kappa shape index (κ1) is 9.73. The number of carboxylic acids is 1. The van der Waals surface area contributed by atoms with Crippen LogP contribution in [0.25, 0.3) is 10.9 Å². The Morgan fingerprint density at radius 3 is 2.87 bits per heavy atom. The molecule has 0 aliphatic heterocycles. The number of nitrogens with zero attached hydrogens (tertiary/aromatic N) is 1. The van der Waals surface area contributed by atoms with E-state index in [1.54, 1.807) is 18.2 Å². The minimum absolute atomic E-state index is 0.295. The van der Waals surface area contributed by atoms with Gasteiger partial charge in [-0.3, -0.25) is 0 Å². The van der Waals surface area contributed by atoms with E-state index in [4.69, 9.17) is 10.8 Å². The fourth-order valence-electron chi connectivity index (χ4n) is 1.77. The maximum Gasteiger partial charge on any atom is 0.335 e. The molecule has 1 aromatic heterocycles. The molecule has 3 N–H and O–H groups in total. The molecule has 2 aromatic rings. The van der Waals surface area contributed by atoms with Gasteiger partial charge >= 0.3 is 5.97 Å². The summed E-state index contributed by atoms with van der Waals surface area (Å²) in [7, 11) is 1.92. The summed E-state index contributed by atoms with van der Waals surface area (Å²) in [5.74, 6) is -0.913. The molecule has 0 fully saturated rings. The van der Waals surface area contributed by atoms with Crippen molar-refractivity contribution in [3.63, 3.8) is 0 Å². The second-order valence-corrected chi connectivity index (χ2v) is 3.51. The van der Waals surface area contributed by atoms with Crippen LogP contribution in [-0.4, -0.2) is 15.6 Å². The monoisotopic (exact) mass is 204 g/mol. The Labute approximate surface area is 86.9 Å². The van der Waals surface area contributed by atoms with Crippen LogP contribution in [-0.2, 0) is 13.6 Å². The summed E-state index contributed by atoms with van der Waals surface area (Å²) in [5.41, 5.74) is 7.86. The van der Waals surface area contributed by atoms with Crippen LogP contribution < -0.4 is 5.73 Å². The fourth-order valence-corrected chi connectivity index (χ4v) is 1.77. The number of aromatic nitrogens is 1. The maximum atomic E-state index is 10.8. The summed E-state index contributed by atoms with van der Waals surface area (Å²) < 4.78 is 1.95. The number of benzene rings is 1. The average molecular weight is 204 g/mol. The summed E-state index contributed by atoms with van der Waals surface area (Å²) in [4.78, 5) is 10.8. The summed E-state index contributed by atoms with van der Waals surface area (Å²) >= 11 is 0. The number of carboxylic acid groups (broad SMARTS) is 1. The summed E-state index contributed by atoms with van der Waals surface area (Å²) in [6.45, 7) is 0.417. The van der Waals surface area contributed by atoms with Crippen molar-refractivity contribution in [2.75, 3.05) is 0 Å². The number of fused-ring (bicyclic) bond motifs is 1. The van der Waals surface area contributed by atoms with Crippen LogP contribution in [0.5, 0.6) is 0 Å². The first-order chi connectivity index (χ1) is 7.13. The van der Waals surface area contributed by atoms with Gasteiger partial charge in [0.15, 0.2) is 0 Å². The lowest BCUT2D eigenvalue weighted by Crippen LogP contribution is -1.97. The smallest absolute Gasteiger partial charge is 0.335 e. The molecule has 0 atom stereocenters. The van der Waals surface area contributed by atoms with Crippen molar-refractivity contribution in [1.29, 1.82) is 0 Å². The van der Waals surface area contributed by atoms with Crippen molar-refractivity contribution in [3.8, 4) is 0 Å². The highest BCUT2D eigenvalue weighted by Crippen LogP contribution is 2.21. The average Bonchev–Trinajstić information content (AvgIpc) is 2.55. The van der Waals surface area contributed by atoms with Gasteiger partial charge in [-0.25, -0.2) is 4.79 Å². The van der Waals surface area contributed by atoms with E-state index in [-0.39, 0.29) is 0 Å². The molecule has 2 rings (SSSR count). The summed E-state index contributed by atoms with van der Waals surface area (Å²) in [6.07, 6.45) is 1.93. The molecule has 78 valence electrons. The molecule has 4 heteroatoms. The Bertz CT molecular complexity index is 529. The topological polar surface area (TPSA) is 68.2 Å². The van der Waals surface area contributed by atoms with Gasteiger partial charge in [0.25, 0.3) is 0 Å². The number of hydrogen-bond acceptors (Lipinski definition) is 2. The van der Waals surface area contributed by atoms with Gasteiger partial charge in [0.05, 0.1) is 5.56 Å². The predicted octanol–water partition coefficient (Wildman–Crippen LogP) is 1.34. The highest BCUT2D eigenvalue weighted by molar-refractivity contribution is 5.94. The molecule has 1 heterocycles. The van der Waals surface area contributed by atoms with Gasteiger partial charge in [-0.05, 0) is 23.8 Å². The van der Waals surface area contributed by atoms with Crippen molar-refractivity contribution in [3.05, 3.63) is 35.5 Å². The quantitative estimate of drug-likeness (QED) is 0.775. The van der Waals surface area contributed by atoms with E-state index in [1.807, 2.05) is 17.8 Å². The first-order valence-corrected chi connectivity index (χ1v) is 4.65. The zero-order valence-corrected chi connectivity index (χ0v) is 8.40. The minimum Gasteiger partial charge on any atom is -0.478 e. The number of nitrogens with two attached hydrogens (primary N) is 1. The maximum absolute atomic E-state index is 10.8. The van der Waals surface area contributed by atoms with Gasteiger partial charge < -0.3 is 15.4 Å². The molecule has 0 aliphatic rings. The van der Waals surface area contributed by atoms with Gasteiger partial charge in [-0.2, -0.15) is 0 Å². The lowest BCUT2D eigenvalue weighted by atomic mass is 10.1. The van der Waals surface area contributed by atoms with Crippen molar-refractivity contribution < 1.29 is 9.90 Å². The molecule has 1 aromatic carbocycles. The molecule has 0 saturated heterocycles. The van der Waals surface area contributed by atoms with Gasteiger partial charge in [-0.1, -0.05) is 0 Å². The molecule has 0 saturated carbocycles. The van der Waals surface area contributed by atoms with Crippen LogP contribution in [0.4, 0.5) is 0 Å². The van der Waals surface area contributed by atoms with Crippen LogP contribution in [0.15, 0.2) is 24.4 Å². The molecule has 15 heavy (non-hydrogen) atoms. The molecule has 0 unspecified atom stereocenters. The van der Waals surface area contributed by atoms with Crippen LogP contribution in [0, 0.1) is 0 Å². The number of rotatable bonds is 2. The van der Waals surface area contributed by atoms with Crippen LogP contribution >= 0.6 is 0 Å². The minimum atomic E-state index is -0.913. The first-order valence-electron chi connectivity index (χ1n) is 4.65. The molecule has 0 amide bonds. The predicted molar refractivity (Wildman–Crippen MR) is 57.8 cm³/mol. The lowest BCUT2D eigenvalue weighted by Gasteiger charge is -1.98. The Morgan fingerprint density at radius 1 is 1.53 bits per heavy atom. The molecule has 0 spiro atoms. The number of hydrogen-bond donors (Lipinski definition) is 2. The fraction of sp³-hybridized carbons (Fsp3) is 0.182. The van der Waals surface area contributed by atoms with Gasteiger partial charge in [0, 0.05) is 30.7 Å². The zero-order chi connectivity index (χ0) is 11.0. The van der Waals surface area contributed by atoms with Crippen molar-refractivity contribution in [1.82, 2.24) is 4.57 Å². The lowest BCUT2D eigenvalue weighted by molar-refractivity contribution is 0.0697. The summed E-state index contributed by atoms with van der Waals surface area (Å²) in [5, 5.41) is 9.79. The largest absolute Gasteiger partial charge is 0.478 e. The van der Waals surface area contributed by atoms with E-state index in [1.165, 1.54) is 0 Å². The second kappa shape index (κ2) is 3.40. The van der Waals surface area contributed by atoms with E-state index in [2.05, 4.69) is 0 Å². The molecule has 0 bridgehead atoms. The van der Waals surface area contributed by atoms with Crippen molar-refractivity contribution in [2.24, 2.45) is 12.8 Å². The van der Waals surface area contributed by atoms with Gasteiger partial charge in [0.1, 0.15) is 0 Å². The number of aryl methyl sites for hydroxylation is 1. The van der Waals surface area contributed by atoms with Crippen molar-refractivity contribution in [2.45, 2.75) is 6.54 Å². The number of carbonyl (C=O) groups is 1. The van der Waals surface area contributed by atoms with Crippen molar-refractivity contribution >= 4 is 16.9 Å². The van der Waals surface area contributed by atoms with E-state index in [0.717, 1.165) is 16.5 Å². The van der Waals surface area contributed by atoms with E-state index >= 15 is 0 Å². The third-order valence-electron chi connectivity index (χ3n) is 2.54. The highest BCUT2D eigenvalue weighted by atomic mass is 16.4. The molecule has 0 aliphatic carbocycles. The third kappa shape index (κ3) is 1.49. The Hall–Kier alpha value is -1.81. The van der Waals surface area contributed by atoms with Gasteiger partial charge in [-0.15, -0.1) is 0 Å². The Morgan fingerprint density at radius 2 is 2.27 bits per heavy atom. The van der Waals surface area contributed by atoms with Crippen LogP contribution in [0.3, 0.4) is 0 Å². The zero-order valence-electron chi connectivity index (χ0n) is 8.40. The second-order valence-electron chi connectivity index (χ2n) is 3.51. The molecule has 0 radical (unpaired) electrons. The highest BCUT2D eigenvalue weighted by Gasteiger charge is 2.08. The molecular formula is C11H12N2O2. The Balaban J connectivity index is 2.73. The van der Waals surface area contributed by atoms with Crippen LogP contribution in [0.1, 0.15) is 15.9 Å². The third-order valence-corrected chi connectivity index (χ3v) is 2.54. The summed E-state index contributed by atoms with van der Waals surface area (Å²) in [6, 6.07) is 5.07. The molecular weight excluding hydrogens is 192 g/mol. The SMILES string of the molecule is Cn1cc(CN)c2cc(C(=O)O)ccc21. The van der Waals surface area contributed by atoms with E-state index < -0.39 is 5.97 Å². The van der Waals surface area contributed by atoms with Crippen LogP contribution in [0.2, 0.25) is 0 Å². The van der Waals surface area contributed by atoms with Gasteiger partial charge in [0.2, 0.25) is 0 Å². The normalized spacial score (nSPS) is 10.8. The van der Waals surface area contributed by atoms with E-state index in [9.17, 15) is 4.79 Å². The Kier molecular flexibility index (Phi) is 2.21. The van der Waals surface area contributed by atoms with E-state index in [0.29, 0.717) is 12.1 Å².